The minimum atomic E-state index is -0.456. The lowest BCUT2D eigenvalue weighted by molar-refractivity contribution is -0.123. The topological polar surface area (TPSA) is 82.8 Å². The molecule has 22 heavy (non-hydrogen) atoms. The molecule has 1 heterocycles. The Labute approximate surface area is 134 Å². The minimum absolute atomic E-state index is 0.0951. The van der Waals surface area contributed by atoms with E-state index in [0.29, 0.717) is 30.5 Å². The molecule has 0 aliphatic carbocycles. The summed E-state index contributed by atoms with van der Waals surface area (Å²) in [6.45, 7) is 5.06. The zero-order valence-electron chi connectivity index (χ0n) is 12.7. The molecule has 1 saturated heterocycles. The fraction of sp³-hybridized carbons (Fsp3) is 0.533. The molecule has 7 heteroatoms. The van der Waals surface area contributed by atoms with Crippen LogP contribution in [-0.4, -0.2) is 37.8 Å². The highest BCUT2D eigenvalue weighted by Gasteiger charge is 2.21. The SMILES string of the molecule is CC(C)(N)CNC(=O)COc1ccc(C2OCCO2)c(Cl)c1. The van der Waals surface area contributed by atoms with Gasteiger partial charge in [0.05, 0.1) is 18.2 Å². The standard InChI is InChI=1S/C15H21ClN2O4/c1-15(2,17)9-18-13(19)8-22-10-3-4-11(12(16)7-10)14-20-5-6-21-14/h3-4,7,14H,5-6,8-9,17H2,1-2H3,(H,18,19). The van der Waals surface area contributed by atoms with Gasteiger partial charge in [-0.1, -0.05) is 11.6 Å². The molecule has 2 rings (SSSR count). The van der Waals surface area contributed by atoms with Crippen molar-refractivity contribution in [3.63, 3.8) is 0 Å². The number of ether oxygens (including phenoxy) is 3. The van der Waals surface area contributed by atoms with E-state index in [9.17, 15) is 4.79 Å². The van der Waals surface area contributed by atoms with Gasteiger partial charge in [0.15, 0.2) is 12.9 Å². The van der Waals surface area contributed by atoms with Gasteiger partial charge < -0.3 is 25.3 Å². The molecular weight excluding hydrogens is 308 g/mol. The van der Waals surface area contributed by atoms with E-state index in [0.717, 1.165) is 5.56 Å². The second-order valence-corrected chi connectivity index (χ2v) is 6.22. The van der Waals surface area contributed by atoms with Crippen LogP contribution in [0.25, 0.3) is 0 Å². The van der Waals surface area contributed by atoms with Gasteiger partial charge in [0.25, 0.3) is 5.91 Å². The van der Waals surface area contributed by atoms with Gasteiger partial charge in [-0.15, -0.1) is 0 Å². The molecule has 1 aromatic rings. The first-order valence-corrected chi connectivity index (χ1v) is 7.44. The Morgan fingerprint density at radius 3 is 2.73 bits per heavy atom. The molecule has 0 radical (unpaired) electrons. The van der Waals surface area contributed by atoms with E-state index < -0.39 is 11.8 Å². The lowest BCUT2D eigenvalue weighted by Gasteiger charge is -2.19. The minimum Gasteiger partial charge on any atom is -0.484 e. The second-order valence-electron chi connectivity index (χ2n) is 5.81. The summed E-state index contributed by atoms with van der Waals surface area (Å²) in [5.41, 5.74) is 6.08. The summed E-state index contributed by atoms with van der Waals surface area (Å²) in [4.78, 5) is 11.7. The van der Waals surface area contributed by atoms with Crippen LogP contribution in [0.3, 0.4) is 0 Å². The number of carbonyl (C=O) groups excluding carboxylic acids is 1. The zero-order chi connectivity index (χ0) is 16.2. The van der Waals surface area contributed by atoms with Crippen LogP contribution in [0.1, 0.15) is 25.7 Å². The largest absolute Gasteiger partial charge is 0.484 e. The highest BCUT2D eigenvalue weighted by molar-refractivity contribution is 6.31. The number of rotatable bonds is 6. The Hall–Kier alpha value is -1.34. The van der Waals surface area contributed by atoms with E-state index in [-0.39, 0.29) is 12.5 Å². The molecule has 1 aromatic carbocycles. The molecule has 0 saturated carbocycles. The number of amides is 1. The summed E-state index contributed by atoms with van der Waals surface area (Å²) in [5.74, 6) is 0.273. The van der Waals surface area contributed by atoms with Crippen molar-refractivity contribution in [1.29, 1.82) is 0 Å². The average molecular weight is 329 g/mol. The van der Waals surface area contributed by atoms with Gasteiger partial charge >= 0.3 is 0 Å². The van der Waals surface area contributed by atoms with Crippen molar-refractivity contribution >= 4 is 17.5 Å². The number of benzene rings is 1. The van der Waals surface area contributed by atoms with E-state index >= 15 is 0 Å². The number of hydrogen-bond donors (Lipinski definition) is 2. The molecular formula is C15H21ClN2O4. The third-order valence-corrected chi connectivity index (χ3v) is 3.29. The molecule has 122 valence electrons. The lowest BCUT2D eigenvalue weighted by Crippen LogP contribution is -2.46. The predicted molar refractivity (Wildman–Crippen MR) is 82.9 cm³/mol. The van der Waals surface area contributed by atoms with Crippen molar-refractivity contribution in [2.24, 2.45) is 5.73 Å². The molecule has 0 spiro atoms. The molecule has 3 N–H and O–H groups in total. The molecule has 1 aliphatic rings. The molecule has 0 unspecified atom stereocenters. The molecule has 0 atom stereocenters. The first-order chi connectivity index (χ1) is 10.3. The summed E-state index contributed by atoms with van der Waals surface area (Å²) in [5, 5.41) is 3.18. The second kappa shape index (κ2) is 7.28. The first-order valence-electron chi connectivity index (χ1n) is 7.06. The van der Waals surface area contributed by atoms with Gasteiger partial charge in [0, 0.05) is 17.6 Å². The van der Waals surface area contributed by atoms with Crippen LogP contribution in [0.2, 0.25) is 5.02 Å². The van der Waals surface area contributed by atoms with E-state index in [1.165, 1.54) is 0 Å². The third kappa shape index (κ3) is 5.14. The normalized spacial score (nSPS) is 15.8. The van der Waals surface area contributed by atoms with Crippen LogP contribution >= 0.6 is 11.6 Å². The van der Waals surface area contributed by atoms with Crippen molar-refractivity contribution in [3.05, 3.63) is 28.8 Å². The number of nitrogens with two attached hydrogens (primary N) is 1. The fourth-order valence-electron chi connectivity index (χ4n) is 1.85. The fourth-order valence-corrected chi connectivity index (χ4v) is 2.11. The highest BCUT2D eigenvalue weighted by atomic mass is 35.5. The maximum atomic E-state index is 11.7. The van der Waals surface area contributed by atoms with Crippen molar-refractivity contribution in [1.82, 2.24) is 5.32 Å². The van der Waals surface area contributed by atoms with Crippen LogP contribution in [0.15, 0.2) is 18.2 Å². The predicted octanol–water partition coefficient (Wildman–Crippen LogP) is 1.62. The summed E-state index contributed by atoms with van der Waals surface area (Å²) in [6.07, 6.45) is -0.434. The molecule has 1 fully saturated rings. The maximum Gasteiger partial charge on any atom is 0.258 e. The van der Waals surface area contributed by atoms with Gasteiger partial charge in [-0.25, -0.2) is 0 Å². The van der Waals surface area contributed by atoms with Gasteiger partial charge in [-0.3, -0.25) is 4.79 Å². The van der Waals surface area contributed by atoms with Crippen molar-refractivity contribution < 1.29 is 19.0 Å². The van der Waals surface area contributed by atoms with Crippen molar-refractivity contribution in [2.75, 3.05) is 26.4 Å². The van der Waals surface area contributed by atoms with Crippen LogP contribution < -0.4 is 15.8 Å². The van der Waals surface area contributed by atoms with E-state index in [2.05, 4.69) is 5.32 Å². The Balaban J connectivity index is 1.85. The number of hydrogen-bond acceptors (Lipinski definition) is 5. The van der Waals surface area contributed by atoms with E-state index in [1.807, 2.05) is 13.8 Å². The smallest absolute Gasteiger partial charge is 0.258 e. The van der Waals surface area contributed by atoms with Gasteiger partial charge in [-0.05, 0) is 32.0 Å². The van der Waals surface area contributed by atoms with Gasteiger partial charge in [0.1, 0.15) is 5.75 Å². The lowest BCUT2D eigenvalue weighted by atomic mass is 10.1. The maximum absolute atomic E-state index is 11.7. The molecule has 6 nitrogen and oxygen atoms in total. The number of halogens is 1. The Bertz CT molecular complexity index is 525. The Morgan fingerprint density at radius 2 is 2.14 bits per heavy atom. The zero-order valence-corrected chi connectivity index (χ0v) is 13.5. The monoisotopic (exact) mass is 328 g/mol. The third-order valence-electron chi connectivity index (χ3n) is 2.96. The van der Waals surface area contributed by atoms with Crippen LogP contribution in [0.4, 0.5) is 0 Å². The molecule has 0 bridgehead atoms. The van der Waals surface area contributed by atoms with E-state index in [1.54, 1.807) is 18.2 Å². The Kier molecular flexibility index (Phi) is 5.63. The van der Waals surface area contributed by atoms with Crippen molar-refractivity contribution in [2.45, 2.75) is 25.7 Å². The average Bonchev–Trinajstić information content (AvgIpc) is 2.96. The van der Waals surface area contributed by atoms with Gasteiger partial charge in [-0.2, -0.15) is 0 Å². The number of nitrogens with one attached hydrogen (secondary N) is 1. The van der Waals surface area contributed by atoms with E-state index in [4.69, 9.17) is 31.5 Å². The van der Waals surface area contributed by atoms with Crippen LogP contribution in [0, 0.1) is 0 Å². The summed E-state index contributed by atoms with van der Waals surface area (Å²) in [7, 11) is 0. The summed E-state index contributed by atoms with van der Waals surface area (Å²) < 4.78 is 16.2. The molecule has 1 aliphatic heterocycles. The Morgan fingerprint density at radius 1 is 1.45 bits per heavy atom. The van der Waals surface area contributed by atoms with Crippen LogP contribution in [0.5, 0.6) is 5.75 Å². The quantitative estimate of drug-likeness (QED) is 0.829. The summed E-state index contributed by atoms with van der Waals surface area (Å²) in [6, 6.07) is 5.14. The van der Waals surface area contributed by atoms with Crippen LogP contribution in [-0.2, 0) is 14.3 Å². The summed E-state index contributed by atoms with van der Waals surface area (Å²) >= 11 is 6.19. The van der Waals surface area contributed by atoms with Gasteiger partial charge in [0.2, 0.25) is 0 Å². The van der Waals surface area contributed by atoms with Crippen molar-refractivity contribution in [3.8, 4) is 5.75 Å². The molecule has 1 amide bonds. The highest BCUT2D eigenvalue weighted by Crippen LogP contribution is 2.32. The first kappa shape index (κ1) is 17.0. The number of carbonyl (C=O) groups is 1. The molecule has 0 aromatic heterocycles.